The molecule has 0 spiro atoms. The fourth-order valence-electron chi connectivity index (χ4n) is 2.64. The van der Waals surface area contributed by atoms with Crippen LogP contribution in [0.15, 0.2) is 40.9 Å². The summed E-state index contributed by atoms with van der Waals surface area (Å²) in [6.07, 6.45) is 0.684. The molecular formula is C17H20N2O3S. The molecule has 0 saturated carbocycles. The number of benzene rings is 1. The lowest BCUT2D eigenvalue weighted by atomic mass is 10.0. The third-order valence-electron chi connectivity index (χ3n) is 3.78. The van der Waals surface area contributed by atoms with E-state index in [2.05, 4.69) is 17.4 Å². The SMILES string of the molecule is CCSCc1cc(C(=O)N[C@@H]2CCO[C@H]2c2ccccc2)no1. The van der Waals surface area contributed by atoms with Crippen LogP contribution in [0.2, 0.25) is 0 Å². The van der Waals surface area contributed by atoms with Gasteiger partial charge in [0.2, 0.25) is 0 Å². The van der Waals surface area contributed by atoms with Crippen molar-refractivity contribution < 1.29 is 14.1 Å². The first-order chi connectivity index (χ1) is 11.3. The van der Waals surface area contributed by atoms with Crippen molar-refractivity contribution in [3.63, 3.8) is 0 Å². The number of ether oxygens (including phenoxy) is 1. The van der Waals surface area contributed by atoms with Gasteiger partial charge in [0, 0.05) is 12.7 Å². The number of amides is 1. The van der Waals surface area contributed by atoms with Gasteiger partial charge in [0.05, 0.1) is 11.8 Å². The third kappa shape index (κ3) is 3.95. The predicted molar refractivity (Wildman–Crippen MR) is 89.3 cm³/mol. The molecule has 1 aliphatic heterocycles. The second-order valence-electron chi connectivity index (χ2n) is 5.39. The van der Waals surface area contributed by atoms with E-state index in [4.69, 9.17) is 9.26 Å². The molecule has 0 aliphatic carbocycles. The van der Waals surface area contributed by atoms with Gasteiger partial charge in [-0.25, -0.2) is 0 Å². The summed E-state index contributed by atoms with van der Waals surface area (Å²) in [6.45, 7) is 2.72. The Hall–Kier alpha value is -1.79. The molecule has 2 atom stereocenters. The Morgan fingerprint density at radius 1 is 1.39 bits per heavy atom. The first-order valence-corrected chi connectivity index (χ1v) is 8.94. The molecule has 1 amide bonds. The van der Waals surface area contributed by atoms with Crippen LogP contribution in [0.4, 0.5) is 0 Å². The zero-order valence-corrected chi connectivity index (χ0v) is 13.8. The van der Waals surface area contributed by atoms with Crippen molar-refractivity contribution in [1.82, 2.24) is 10.5 Å². The number of rotatable bonds is 6. The molecule has 1 saturated heterocycles. The Morgan fingerprint density at radius 3 is 3.00 bits per heavy atom. The van der Waals surface area contributed by atoms with Crippen LogP contribution in [0.1, 0.15) is 41.3 Å². The number of nitrogens with zero attached hydrogens (tertiary/aromatic N) is 1. The number of carbonyl (C=O) groups excluding carboxylic acids is 1. The molecule has 3 rings (SSSR count). The zero-order chi connectivity index (χ0) is 16.1. The third-order valence-corrected chi connectivity index (χ3v) is 4.67. The van der Waals surface area contributed by atoms with Crippen LogP contribution < -0.4 is 5.32 Å². The Labute approximate surface area is 139 Å². The van der Waals surface area contributed by atoms with Crippen molar-refractivity contribution in [2.75, 3.05) is 12.4 Å². The van der Waals surface area contributed by atoms with Gasteiger partial charge in [-0.2, -0.15) is 11.8 Å². The first kappa shape index (κ1) is 16.1. The number of hydrogen-bond acceptors (Lipinski definition) is 5. The van der Waals surface area contributed by atoms with Gasteiger partial charge in [-0.15, -0.1) is 0 Å². The van der Waals surface area contributed by atoms with Gasteiger partial charge in [-0.05, 0) is 17.7 Å². The van der Waals surface area contributed by atoms with Gasteiger partial charge in [0.1, 0.15) is 11.9 Å². The summed E-state index contributed by atoms with van der Waals surface area (Å²) in [6, 6.07) is 11.6. The molecule has 2 aromatic rings. The molecule has 2 heterocycles. The molecule has 0 bridgehead atoms. The topological polar surface area (TPSA) is 64.4 Å². The lowest BCUT2D eigenvalue weighted by Gasteiger charge is -2.19. The highest BCUT2D eigenvalue weighted by atomic mass is 32.2. The molecule has 23 heavy (non-hydrogen) atoms. The van der Waals surface area contributed by atoms with Gasteiger partial charge in [0.25, 0.3) is 5.91 Å². The maximum atomic E-state index is 12.4. The first-order valence-electron chi connectivity index (χ1n) is 7.78. The molecule has 122 valence electrons. The van der Waals surface area contributed by atoms with E-state index in [-0.39, 0.29) is 18.1 Å². The Kier molecular flexibility index (Phi) is 5.35. The molecule has 1 aliphatic rings. The van der Waals surface area contributed by atoms with Gasteiger partial charge in [-0.3, -0.25) is 4.79 Å². The van der Waals surface area contributed by atoms with Crippen molar-refractivity contribution in [1.29, 1.82) is 0 Å². The molecule has 1 fully saturated rings. The standard InChI is InChI=1S/C17H20N2O3S/c1-2-23-11-13-10-15(19-22-13)17(20)18-14-8-9-21-16(14)12-6-4-3-5-7-12/h3-7,10,14,16H,2,8-9,11H2,1H3,(H,18,20)/t14-,16+/m1/s1. The summed E-state index contributed by atoms with van der Waals surface area (Å²) in [5, 5.41) is 6.89. The lowest BCUT2D eigenvalue weighted by molar-refractivity contribution is 0.0815. The molecule has 1 aromatic carbocycles. The number of aromatic nitrogens is 1. The van der Waals surface area contributed by atoms with E-state index in [1.807, 2.05) is 30.3 Å². The molecule has 0 unspecified atom stereocenters. The van der Waals surface area contributed by atoms with Gasteiger partial charge in [-0.1, -0.05) is 42.4 Å². The molecule has 1 N–H and O–H groups in total. The minimum atomic E-state index is -0.210. The van der Waals surface area contributed by atoms with Crippen LogP contribution in [0.3, 0.4) is 0 Å². The van der Waals surface area contributed by atoms with Crippen LogP contribution in [0.25, 0.3) is 0 Å². The van der Waals surface area contributed by atoms with Crippen LogP contribution in [-0.2, 0) is 10.5 Å². The van der Waals surface area contributed by atoms with E-state index in [1.165, 1.54) is 0 Å². The number of hydrogen-bond donors (Lipinski definition) is 1. The van der Waals surface area contributed by atoms with Crippen molar-refractivity contribution in [2.45, 2.75) is 31.2 Å². The highest BCUT2D eigenvalue weighted by Gasteiger charge is 2.31. The smallest absolute Gasteiger partial charge is 0.273 e. The van der Waals surface area contributed by atoms with Crippen LogP contribution in [0, 0.1) is 0 Å². The van der Waals surface area contributed by atoms with E-state index in [1.54, 1.807) is 17.8 Å². The molecule has 0 radical (unpaired) electrons. The largest absolute Gasteiger partial charge is 0.371 e. The molecule has 5 nitrogen and oxygen atoms in total. The monoisotopic (exact) mass is 332 g/mol. The second-order valence-corrected chi connectivity index (χ2v) is 6.66. The highest BCUT2D eigenvalue weighted by molar-refractivity contribution is 7.98. The van der Waals surface area contributed by atoms with Crippen molar-refractivity contribution in [3.05, 3.63) is 53.4 Å². The normalized spacial score (nSPS) is 20.6. The Morgan fingerprint density at radius 2 is 2.22 bits per heavy atom. The summed E-state index contributed by atoms with van der Waals surface area (Å²) in [5.74, 6) is 2.25. The van der Waals surface area contributed by atoms with E-state index in [9.17, 15) is 4.79 Å². The summed E-state index contributed by atoms with van der Waals surface area (Å²) >= 11 is 1.73. The summed E-state index contributed by atoms with van der Waals surface area (Å²) < 4.78 is 11.0. The van der Waals surface area contributed by atoms with Gasteiger partial charge >= 0.3 is 0 Å². The molecule has 1 aromatic heterocycles. The summed E-state index contributed by atoms with van der Waals surface area (Å²) in [4.78, 5) is 12.4. The van der Waals surface area contributed by atoms with Crippen molar-refractivity contribution in [3.8, 4) is 0 Å². The summed E-state index contributed by atoms with van der Waals surface area (Å²) in [7, 11) is 0. The van der Waals surface area contributed by atoms with E-state index >= 15 is 0 Å². The van der Waals surface area contributed by atoms with Crippen molar-refractivity contribution >= 4 is 17.7 Å². The van der Waals surface area contributed by atoms with E-state index < -0.39 is 0 Å². The highest BCUT2D eigenvalue weighted by Crippen LogP contribution is 2.29. The average Bonchev–Trinajstić information content (AvgIpc) is 3.23. The molecular weight excluding hydrogens is 312 g/mol. The maximum absolute atomic E-state index is 12.4. The average molecular weight is 332 g/mol. The predicted octanol–water partition coefficient (Wildman–Crippen LogP) is 3.19. The van der Waals surface area contributed by atoms with Crippen LogP contribution in [-0.4, -0.2) is 29.5 Å². The minimum Gasteiger partial charge on any atom is -0.371 e. The minimum absolute atomic E-state index is 0.0462. The fourth-order valence-corrected chi connectivity index (χ4v) is 3.18. The second kappa shape index (κ2) is 7.66. The van der Waals surface area contributed by atoms with Crippen LogP contribution in [0.5, 0.6) is 0 Å². The zero-order valence-electron chi connectivity index (χ0n) is 13.0. The number of thioether (sulfide) groups is 1. The van der Waals surface area contributed by atoms with Crippen LogP contribution >= 0.6 is 11.8 Å². The number of nitrogens with one attached hydrogen (secondary N) is 1. The van der Waals surface area contributed by atoms with Gasteiger partial charge < -0.3 is 14.6 Å². The maximum Gasteiger partial charge on any atom is 0.273 e. The Balaban J connectivity index is 1.64. The number of carbonyl (C=O) groups is 1. The fraction of sp³-hybridized carbons (Fsp3) is 0.412. The quantitative estimate of drug-likeness (QED) is 0.880. The van der Waals surface area contributed by atoms with E-state index in [0.717, 1.165) is 29.3 Å². The lowest BCUT2D eigenvalue weighted by Crippen LogP contribution is -2.36. The van der Waals surface area contributed by atoms with Crippen molar-refractivity contribution in [2.24, 2.45) is 0 Å². The van der Waals surface area contributed by atoms with Gasteiger partial charge in [0.15, 0.2) is 5.69 Å². The van der Waals surface area contributed by atoms with E-state index in [0.29, 0.717) is 12.3 Å². The molecule has 6 heteroatoms. The Bertz CT molecular complexity index is 644. The summed E-state index contributed by atoms with van der Waals surface area (Å²) in [5.41, 5.74) is 1.41.